The number of hydrogen-bond donors (Lipinski definition) is 0. The third-order valence-electron chi connectivity index (χ3n) is 4.17. The molecule has 1 aliphatic rings. The van der Waals surface area contributed by atoms with Gasteiger partial charge >= 0.3 is 0 Å². The predicted molar refractivity (Wildman–Crippen MR) is 94.2 cm³/mol. The molecule has 0 saturated carbocycles. The standard InChI is InChI=1S/C20H16FN3/c1-14-4-6-15(7-5-14)18-13-24-12-2-3-19(24)20(23-22-18)16-8-10-17(21)11-9-16/h2-12H,13H2,1H3. The molecule has 0 N–H and O–H groups in total. The van der Waals surface area contributed by atoms with Crippen molar-refractivity contribution in [3.63, 3.8) is 0 Å². The lowest BCUT2D eigenvalue weighted by Gasteiger charge is -2.09. The van der Waals surface area contributed by atoms with E-state index in [4.69, 9.17) is 0 Å². The number of nitrogens with zero attached hydrogens (tertiary/aromatic N) is 3. The van der Waals surface area contributed by atoms with Crippen LogP contribution in [0.25, 0.3) is 0 Å². The molecular weight excluding hydrogens is 301 g/mol. The molecule has 4 rings (SSSR count). The van der Waals surface area contributed by atoms with Crippen LogP contribution in [0.3, 0.4) is 0 Å². The van der Waals surface area contributed by atoms with E-state index in [1.54, 1.807) is 12.1 Å². The van der Waals surface area contributed by atoms with E-state index >= 15 is 0 Å². The lowest BCUT2D eigenvalue weighted by Crippen LogP contribution is -2.13. The summed E-state index contributed by atoms with van der Waals surface area (Å²) in [5.74, 6) is -0.257. The molecule has 0 atom stereocenters. The highest BCUT2D eigenvalue weighted by atomic mass is 19.1. The van der Waals surface area contributed by atoms with E-state index in [1.807, 2.05) is 18.3 Å². The number of aryl methyl sites for hydroxylation is 1. The van der Waals surface area contributed by atoms with Gasteiger partial charge in [0.05, 0.1) is 18.0 Å². The fourth-order valence-electron chi connectivity index (χ4n) is 2.83. The monoisotopic (exact) mass is 317 g/mol. The molecule has 0 saturated heterocycles. The Morgan fingerprint density at radius 2 is 1.58 bits per heavy atom. The first-order valence-corrected chi connectivity index (χ1v) is 7.84. The molecule has 0 radical (unpaired) electrons. The Balaban J connectivity index is 1.81. The Kier molecular flexibility index (Phi) is 3.58. The van der Waals surface area contributed by atoms with Crippen molar-refractivity contribution in [3.05, 3.63) is 95.1 Å². The van der Waals surface area contributed by atoms with Crippen LogP contribution < -0.4 is 0 Å². The maximum absolute atomic E-state index is 13.2. The molecule has 118 valence electrons. The minimum Gasteiger partial charge on any atom is -0.340 e. The van der Waals surface area contributed by atoms with Gasteiger partial charge in [-0.3, -0.25) is 0 Å². The van der Waals surface area contributed by atoms with E-state index in [0.29, 0.717) is 6.54 Å². The van der Waals surface area contributed by atoms with Gasteiger partial charge in [0.2, 0.25) is 0 Å². The summed E-state index contributed by atoms with van der Waals surface area (Å²) in [5.41, 5.74) is 5.76. The fraction of sp³-hybridized carbons (Fsp3) is 0.100. The smallest absolute Gasteiger partial charge is 0.123 e. The summed E-state index contributed by atoms with van der Waals surface area (Å²) in [6, 6.07) is 18.6. The summed E-state index contributed by atoms with van der Waals surface area (Å²) in [5, 5.41) is 8.96. The van der Waals surface area contributed by atoms with Gasteiger partial charge in [0, 0.05) is 11.8 Å². The lowest BCUT2D eigenvalue weighted by atomic mass is 10.1. The molecule has 0 spiro atoms. The normalized spacial score (nSPS) is 13.8. The molecule has 0 aliphatic carbocycles. The van der Waals surface area contributed by atoms with Crippen LogP contribution in [-0.2, 0) is 6.54 Å². The predicted octanol–water partition coefficient (Wildman–Crippen LogP) is 4.19. The zero-order valence-corrected chi connectivity index (χ0v) is 13.3. The third-order valence-corrected chi connectivity index (χ3v) is 4.17. The van der Waals surface area contributed by atoms with Gasteiger partial charge in [-0.25, -0.2) is 4.39 Å². The van der Waals surface area contributed by atoms with Gasteiger partial charge in [0.25, 0.3) is 0 Å². The number of rotatable bonds is 2. The van der Waals surface area contributed by atoms with Crippen molar-refractivity contribution in [2.45, 2.75) is 13.5 Å². The Morgan fingerprint density at radius 3 is 2.33 bits per heavy atom. The molecule has 2 heterocycles. The van der Waals surface area contributed by atoms with Crippen molar-refractivity contribution in [1.29, 1.82) is 0 Å². The molecular formula is C20H16FN3. The zero-order valence-electron chi connectivity index (χ0n) is 13.3. The second-order valence-corrected chi connectivity index (χ2v) is 5.89. The van der Waals surface area contributed by atoms with Gasteiger partial charge in [-0.1, -0.05) is 29.8 Å². The van der Waals surface area contributed by atoms with E-state index in [0.717, 1.165) is 28.2 Å². The van der Waals surface area contributed by atoms with Crippen molar-refractivity contribution in [2.24, 2.45) is 10.2 Å². The van der Waals surface area contributed by atoms with Gasteiger partial charge in [0.15, 0.2) is 0 Å². The Morgan fingerprint density at radius 1 is 0.875 bits per heavy atom. The van der Waals surface area contributed by atoms with Crippen molar-refractivity contribution in [1.82, 2.24) is 4.57 Å². The molecule has 2 aromatic carbocycles. The molecule has 3 aromatic rings. The van der Waals surface area contributed by atoms with Crippen molar-refractivity contribution < 1.29 is 4.39 Å². The van der Waals surface area contributed by atoms with E-state index < -0.39 is 0 Å². The third kappa shape index (κ3) is 2.67. The second kappa shape index (κ2) is 5.89. The van der Waals surface area contributed by atoms with Gasteiger partial charge < -0.3 is 4.57 Å². The molecule has 1 aliphatic heterocycles. The average molecular weight is 317 g/mol. The van der Waals surface area contributed by atoms with Gasteiger partial charge in [-0.2, -0.15) is 5.10 Å². The quantitative estimate of drug-likeness (QED) is 0.678. The van der Waals surface area contributed by atoms with Crippen LogP contribution in [0.15, 0.2) is 77.1 Å². The van der Waals surface area contributed by atoms with Gasteiger partial charge in [-0.15, -0.1) is 5.10 Å². The summed E-state index contributed by atoms with van der Waals surface area (Å²) in [6.45, 7) is 2.72. The number of benzene rings is 2. The van der Waals surface area contributed by atoms with Crippen LogP contribution in [-0.4, -0.2) is 16.0 Å². The summed E-state index contributed by atoms with van der Waals surface area (Å²) >= 11 is 0. The number of aromatic nitrogens is 1. The SMILES string of the molecule is Cc1ccc(C2=NN=C(c3ccc(F)cc3)c3cccn3C2)cc1. The van der Waals surface area contributed by atoms with Crippen LogP contribution >= 0.6 is 0 Å². The van der Waals surface area contributed by atoms with Gasteiger partial charge in [-0.05, 0) is 48.9 Å². The molecule has 1 aromatic heterocycles. The highest BCUT2D eigenvalue weighted by molar-refractivity contribution is 6.13. The van der Waals surface area contributed by atoms with E-state index in [-0.39, 0.29) is 5.82 Å². The fourth-order valence-corrected chi connectivity index (χ4v) is 2.83. The van der Waals surface area contributed by atoms with Crippen LogP contribution in [0.4, 0.5) is 4.39 Å². The summed E-state index contributed by atoms with van der Waals surface area (Å²) in [6.07, 6.45) is 2.02. The van der Waals surface area contributed by atoms with Crippen LogP contribution in [0.2, 0.25) is 0 Å². The molecule has 0 unspecified atom stereocenters. The first-order valence-electron chi connectivity index (χ1n) is 7.84. The number of hydrogen-bond acceptors (Lipinski definition) is 2. The van der Waals surface area contributed by atoms with E-state index in [9.17, 15) is 4.39 Å². The lowest BCUT2D eigenvalue weighted by molar-refractivity contribution is 0.628. The minimum atomic E-state index is -0.257. The maximum atomic E-state index is 13.2. The summed E-state index contributed by atoms with van der Waals surface area (Å²) in [4.78, 5) is 0. The molecule has 4 heteroatoms. The van der Waals surface area contributed by atoms with Crippen molar-refractivity contribution >= 4 is 11.4 Å². The molecule has 0 bridgehead atoms. The minimum absolute atomic E-state index is 0.257. The second-order valence-electron chi connectivity index (χ2n) is 5.89. The Hall–Kier alpha value is -3.01. The largest absolute Gasteiger partial charge is 0.340 e. The topological polar surface area (TPSA) is 29.6 Å². The highest BCUT2D eigenvalue weighted by Crippen LogP contribution is 2.18. The maximum Gasteiger partial charge on any atom is 0.123 e. The first kappa shape index (κ1) is 14.6. The van der Waals surface area contributed by atoms with Crippen LogP contribution in [0.5, 0.6) is 0 Å². The molecule has 0 fully saturated rings. The Bertz CT molecular complexity index is 932. The molecule has 24 heavy (non-hydrogen) atoms. The molecule has 3 nitrogen and oxygen atoms in total. The zero-order chi connectivity index (χ0) is 16.5. The van der Waals surface area contributed by atoms with Crippen molar-refractivity contribution in [2.75, 3.05) is 0 Å². The Labute approximate surface area is 139 Å². The number of fused-ring (bicyclic) bond motifs is 1. The van der Waals surface area contributed by atoms with Crippen molar-refractivity contribution in [3.8, 4) is 0 Å². The average Bonchev–Trinajstić information content (AvgIpc) is 2.97. The van der Waals surface area contributed by atoms with E-state index in [2.05, 4.69) is 46.0 Å². The summed E-state index contributed by atoms with van der Waals surface area (Å²) < 4.78 is 15.3. The number of halogens is 1. The van der Waals surface area contributed by atoms with Gasteiger partial charge in [0.1, 0.15) is 11.5 Å². The summed E-state index contributed by atoms with van der Waals surface area (Å²) in [7, 11) is 0. The highest BCUT2D eigenvalue weighted by Gasteiger charge is 2.17. The van der Waals surface area contributed by atoms with Crippen LogP contribution in [0.1, 0.15) is 22.4 Å². The first-order chi connectivity index (χ1) is 11.7. The van der Waals surface area contributed by atoms with Crippen LogP contribution in [0, 0.1) is 12.7 Å². The molecule has 0 amide bonds. The van der Waals surface area contributed by atoms with E-state index in [1.165, 1.54) is 17.7 Å².